The van der Waals surface area contributed by atoms with Crippen LogP contribution in [0.25, 0.3) is 10.9 Å². The maximum Gasteiger partial charge on any atom is 0.149 e. The van der Waals surface area contributed by atoms with E-state index in [1.165, 1.54) is 0 Å². The molecule has 1 unspecified atom stereocenters. The van der Waals surface area contributed by atoms with Crippen molar-refractivity contribution in [3.63, 3.8) is 0 Å². The van der Waals surface area contributed by atoms with E-state index in [1.54, 1.807) is 6.33 Å². The molecule has 108 valence electrons. The summed E-state index contributed by atoms with van der Waals surface area (Å²) in [6.45, 7) is 2.70. The zero-order valence-corrected chi connectivity index (χ0v) is 12.7. The molecule has 0 fully saturated rings. The first kappa shape index (κ1) is 14.0. The van der Waals surface area contributed by atoms with Gasteiger partial charge >= 0.3 is 0 Å². The summed E-state index contributed by atoms with van der Waals surface area (Å²) < 4.78 is 1.91. The van der Waals surface area contributed by atoms with Crippen molar-refractivity contribution in [1.29, 1.82) is 0 Å². The first-order chi connectivity index (χ1) is 10.1. The Morgan fingerprint density at radius 2 is 2.14 bits per heavy atom. The minimum atomic E-state index is 0.0984. The fourth-order valence-corrected chi connectivity index (χ4v) is 2.51. The van der Waals surface area contributed by atoms with Gasteiger partial charge in [-0.1, -0.05) is 29.8 Å². The van der Waals surface area contributed by atoms with Gasteiger partial charge in [-0.2, -0.15) is 0 Å². The largest absolute Gasteiger partial charge is 0.319 e. The van der Waals surface area contributed by atoms with Crippen molar-refractivity contribution in [2.75, 3.05) is 0 Å². The van der Waals surface area contributed by atoms with Crippen LogP contribution in [-0.2, 0) is 13.6 Å². The van der Waals surface area contributed by atoms with Crippen LogP contribution in [0.4, 0.5) is 0 Å². The zero-order chi connectivity index (χ0) is 14.8. The third kappa shape index (κ3) is 2.89. The molecule has 0 saturated heterocycles. The summed E-state index contributed by atoms with van der Waals surface area (Å²) in [6, 6.07) is 9.94. The van der Waals surface area contributed by atoms with Crippen molar-refractivity contribution in [3.8, 4) is 0 Å². The third-order valence-corrected chi connectivity index (χ3v) is 3.76. The van der Waals surface area contributed by atoms with Crippen LogP contribution >= 0.6 is 11.6 Å². The number of aromatic nitrogens is 4. The normalized spacial score (nSPS) is 12.7. The van der Waals surface area contributed by atoms with Gasteiger partial charge in [-0.3, -0.25) is 0 Å². The molecule has 5 nitrogen and oxygen atoms in total. The Bertz CT molecular complexity index is 768. The number of aryl methyl sites for hydroxylation is 1. The molecule has 2 aromatic heterocycles. The SMILES string of the molecule is CC(NCc1ccc2cccc(Cl)c2n1)c1nncn1C. The van der Waals surface area contributed by atoms with E-state index < -0.39 is 0 Å². The molecule has 0 aliphatic heterocycles. The molecule has 0 aliphatic rings. The van der Waals surface area contributed by atoms with Gasteiger partial charge in [0.05, 0.1) is 22.3 Å². The maximum atomic E-state index is 6.19. The number of benzene rings is 1. The molecule has 6 heteroatoms. The summed E-state index contributed by atoms with van der Waals surface area (Å²) in [6.07, 6.45) is 1.70. The summed E-state index contributed by atoms with van der Waals surface area (Å²) in [5, 5.41) is 13.1. The quantitative estimate of drug-likeness (QED) is 0.805. The van der Waals surface area contributed by atoms with Crippen molar-refractivity contribution < 1.29 is 0 Å². The Kier molecular flexibility index (Phi) is 3.86. The molecular formula is C15H16ClN5. The van der Waals surface area contributed by atoms with Gasteiger partial charge in [0.2, 0.25) is 0 Å². The summed E-state index contributed by atoms with van der Waals surface area (Å²) >= 11 is 6.19. The smallest absolute Gasteiger partial charge is 0.149 e. The van der Waals surface area contributed by atoms with Crippen LogP contribution in [0.5, 0.6) is 0 Å². The second-order valence-corrected chi connectivity index (χ2v) is 5.42. The molecule has 3 rings (SSSR count). The predicted octanol–water partition coefficient (Wildman–Crippen LogP) is 2.87. The Morgan fingerprint density at radius 1 is 1.29 bits per heavy atom. The first-order valence-electron chi connectivity index (χ1n) is 6.76. The molecule has 1 aromatic carbocycles. The van der Waals surface area contributed by atoms with Gasteiger partial charge < -0.3 is 9.88 Å². The number of nitrogens with zero attached hydrogens (tertiary/aromatic N) is 4. The maximum absolute atomic E-state index is 6.19. The second-order valence-electron chi connectivity index (χ2n) is 5.02. The van der Waals surface area contributed by atoms with Crippen LogP contribution in [0.3, 0.4) is 0 Å². The van der Waals surface area contributed by atoms with E-state index in [9.17, 15) is 0 Å². The number of fused-ring (bicyclic) bond motifs is 1. The van der Waals surface area contributed by atoms with Gasteiger partial charge in [0.25, 0.3) is 0 Å². The Morgan fingerprint density at radius 3 is 2.90 bits per heavy atom. The van der Waals surface area contributed by atoms with Gasteiger partial charge in [0.1, 0.15) is 12.2 Å². The fraction of sp³-hybridized carbons (Fsp3) is 0.267. The zero-order valence-electron chi connectivity index (χ0n) is 11.9. The molecule has 2 heterocycles. The molecule has 0 aliphatic carbocycles. The average Bonchev–Trinajstić information content (AvgIpc) is 2.92. The van der Waals surface area contributed by atoms with E-state index in [0.717, 1.165) is 22.4 Å². The summed E-state index contributed by atoms with van der Waals surface area (Å²) in [7, 11) is 1.93. The Labute approximate surface area is 128 Å². The summed E-state index contributed by atoms with van der Waals surface area (Å²) in [4.78, 5) is 4.61. The predicted molar refractivity (Wildman–Crippen MR) is 83.0 cm³/mol. The van der Waals surface area contributed by atoms with Crippen LogP contribution in [-0.4, -0.2) is 19.7 Å². The topological polar surface area (TPSA) is 55.6 Å². The Balaban J connectivity index is 1.76. The lowest BCUT2D eigenvalue weighted by Gasteiger charge is -2.13. The average molecular weight is 302 g/mol. The van der Waals surface area contributed by atoms with E-state index in [0.29, 0.717) is 11.6 Å². The highest BCUT2D eigenvalue weighted by Crippen LogP contribution is 2.21. The van der Waals surface area contributed by atoms with Crippen LogP contribution in [0.15, 0.2) is 36.7 Å². The lowest BCUT2D eigenvalue weighted by atomic mass is 10.2. The number of nitrogens with one attached hydrogen (secondary N) is 1. The molecule has 1 N–H and O–H groups in total. The van der Waals surface area contributed by atoms with Gasteiger partial charge in [-0.05, 0) is 19.1 Å². The van der Waals surface area contributed by atoms with Gasteiger partial charge in [0.15, 0.2) is 0 Å². The molecule has 0 amide bonds. The van der Waals surface area contributed by atoms with E-state index in [2.05, 4.69) is 27.4 Å². The highest BCUT2D eigenvalue weighted by molar-refractivity contribution is 6.35. The number of rotatable bonds is 4. The highest BCUT2D eigenvalue weighted by Gasteiger charge is 2.11. The van der Waals surface area contributed by atoms with Gasteiger partial charge in [0, 0.05) is 19.0 Å². The fourth-order valence-electron chi connectivity index (χ4n) is 2.28. The van der Waals surface area contributed by atoms with Crippen molar-refractivity contribution in [1.82, 2.24) is 25.1 Å². The number of hydrogen-bond donors (Lipinski definition) is 1. The van der Waals surface area contributed by atoms with Crippen LogP contribution < -0.4 is 5.32 Å². The van der Waals surface area contributed by atoms with E-state index >= 15 is 0 Å². The number of halogens is 1. The minimum absolute atomic E-state index is 0.0984. The van der Waals surface area contributed by atoms with E-state index in [4.69, 9.17) is 11.6 Å². The van der Waals surface area contributed by atoms with Crippen molar-refractivity contribution in [2.45, 2.75) is 19.5 Å². The molecule has 21 heavy (non-hydrogen) atoms. The molecule has 0 radical (unpaired) electrons. The van der Waals surface area contributed by atoms with Crippen LogP contribution in [0, 0.1) is 0 Å². The molecule has 1 atom stereocenters. The minimum Gasteiger partial charge on any atom is -0.319 e. The van der Waals surface area contributed by atoms with Crippen LogP contribution in [0.2, 0.25) is 5.02 Å². The second kappa shape index (κ2) is 5.79. The standard InChI is InChI=1S/C15H16ClN5/c1-10(15-20-18-9-21(15)2)17-8-12-7-6-11-4-3-5-13(16)14(11)19-12/h3-7,9-10,17H,8H2,1-2H3. The number of hydrogen-bond acceptors (Lipinski definition) is 4. The van der Waals surface area contributed by atoms with Gasteiger partial charge in [-0.25, -0.2) is 4.98 Å². The molecule has 0 bridgehead atoms. The monoisotopic (exact) mass is 301 g/mol. The summed E-state index contributed by atoms with van der Waals surface area (Å²) in [5.41, 5.74) is 1.79. The first-order valence-corrected chi connectivity index (χ1v) is 7.14. The highest BCUT2D eigenvalue weighted by atomic mass is 35.5. The van der Waals surface area contributed by atoms with E-state index in [-0.39, 0.29) is 6.04 Å². The van der Waals surface area contributed by atoms with Crippen molar-refractivity contribution >= 4 is 22.5 Å². The number of para-hydroxylation sites is 1. The van der Waals surface area contributed by atoms with Crippen LogP contribution in [0.1, 0.15) is 24.5 Å². The Hall–Kier alpha value is -1.98. The third-order valence-electron chi connectivity index (χ3n) is 3.45. The van der Waals surface area contributed by atoms with Gasteiger partial charge in [-0.15, -0.1) is 10.2 Å². The molecule has 3 aromatic rings. The molecule has 0 saturated carbocycles. The van der Waals surface area contributed by atoms with Crippen molar-refractivity contribution in [3.05, 3.63) is 53.2 Å². The molecule has 0 spiro atoms. The molecular weight excluding hydrogens is 286 g/mol. The number of pyridine rings is 1. The lowest BCUT2D eigenvalue weighted by molar-refractivity contribution is 0.524. The van der Waals surface area contributed by atoms with Crippen molar-refractivity contribution in [2.24, 2.45) is 7.05 Å². The lowest BCUT2D eigenvalue weighted by Crippen LogP contribution is -2.21. The van der Waals surface area contributed by atoms with E-state index in [1.807, 2.05) is 41.9 Å². The summed E-state index contributed by atoms with van der Waals surface area (Å²) in [5.74, 6) is 0.897.